The van der Waals surface area contributed by atoms with Crippen LogP contribution in [-0.2, 0) is 25.7 Å². The van der Waals surface area contributed by atoms with E-state index in [0.717, 1.165) is 52.4 Å². The van der Waals surface area contributed by atoms with E-state index in [2.05, 4.69) is 63.8 Å². The van der Waals surface area contributed by atoms with Crippen molar-refractivity contribution < 1.29 is 23.9 Å². The maximum atomic E-state index is 13.9. The fourth-order valence-corrected chi connectivity index (χ4v) is 7.20. The number of nitrogens with one attached hydrogen (secondary N) is 3. The molecule has 1 saturated carbocycles. The number of aryl methyl sites for hydroxylation is 2. The number of hydrogen-bond donors (Lipinski definition) is 4. The van der Waals surface area contributed by atoms with E-state index in [9.17, 15) is 19.2 Å². The molecule has 5 N–H and O–H groups in total. The summed E-state index contributed by atoms with van der Waals surface area (Å²) in [6, 6.07) is 23.3. The molecule has 0 aliphatic heterocycles. The van der Waals surface area contributed by atoms with Crippen LogP contribution in [0.15, 0.2) is 79.0 Å². The van der Waals surface area contributed by atoms with Crippen molar-refractivity contribution in [1.82, 2.24) is 20.5 Å². The number of alkyl carbamates (subject to hydrolysis) is 1. The maximum Gasteiger partial charge on any atom is 0.408 e. The van der Waals surface area contributed by atoms with Gasteiger partial charge in [0.15, 0.2) is 0 Å². The molecule has 3 aromatic carbocycles. The van der Waals surface area contributed by atoms with Crippen LogP contribution in [0.25, 0.3) is 22.0 Å². The summed E-state index contributed by atoms with van der Waals surface area (Å²) >= 11 is 0. The molecule has 1 fully saturated rings. The van der Waals surface area contributed by atoms with Gasteiger partial charge in [-0.3, -0.25) is 14.4 Å². The van der Waals surface area contributed by atoms with Crippen LogP contribution in [0.3, 0.4) is 0 Å². The zero-order chi connectivity index (χ0) is 33.7. The van der Waals surface area contributed by atoms with Gasteiger partial charge in [-0.1, -0.05) is 79.4 Å². The van der Waals surface area contributed by atoms with Gasteiger partial charge in [0, 0.05) is 30.7 Å². The van der Waals surface area contributed by atoms with E-state index in [-0.39, 0.29) is 18.9 Å². The summed E-state index contributed by atoms with van der Waals surface area (Å²) in [5.74, 6) is -1.86. The minimum absolute atomic E-state index is 0.114. The number of fused-ring (bicyclic) bond motifs is 4. The normalized spacial score (nSPS) is 15.6. The predicted octanol–water partition coefficient (Wildman–Crippen LogP) is 5.06. The Morgan fingerprint density at radius 2 is 1.62 bits per heavy atom. The molecule has 48 heavy (non-hydrogen) atoms. The number of nitrogens with zero attached hydrogens (tertiary/aromatic N) is 1. The van der Waals surface area contributed by atoms with Crippen molar-refractivity contribution in [2.24, 2.45) is 5.73 Å². The summed E-state index contributed by atoms with van der Waals surface area (Å²) in [7, 11) is 0. The summed E-state index contributed by atoms with van der Waals surface area (Å²) in [5, 5.41) is 9.62. The smallest absolute Gasteiger partial charge is 0.408 e. The standard InChI is InChI=1S/C38H43N5O5/c1-25-14-15-33-26(22-25)16-21-43(33)20-9-19-40-35(45)32(23-34(39)44)41-36(46)38(17-7-2-8-18-38)42-37(47)48-24-31-29-12-5-3-10-27(29)28-11-4-6-13-30(28)31/h3-6,10-16,21-22,31-32H,2,7-9,17-20,23-24H2,1H3,(H2,39,44)(H,40,45)(H,41,46)(H,42,47)/t32-/m0/s1. The molecular weight excluding hydrogens is 606 g/mol. The number of primary amides is 1. The Hall–Kier alpha value is -5.12. The highest BCUT2D eigenvalue weighted by Gasteiger charge is 2.43. The van der Waals surface area contributed by atoms with Gasteiger partial charge in [-0.2, -0.15) is 0 Å². The topological polar surface area (TPSA) is 145 Å². The first-order valence-electron chi connectivity index (χ1n) is 16.8. The van der Waals surface area contributed by atoms with E-state index < -0.39 is 35.4 Å². The first-order valence-corrected chi connectivity index (χ1v) is 16.8. The minimum atomic E-state index is -1.27. The third-order valence-electron chi connectivity index (χ3n) is 9.66. The lowest BCUT2D eigenvalue weighted by Gasteiger charge is -2.37. The highest BCUT2D eigenvalue weighted by atomic mass is 16.5. The van der Waals surface area contributed by atoms with E-state index in [4.69, 9.17) is 10.5 Å². The molecule has 0 saturated heterocycles. The van der Waals surface area contributed by atoms with Crippen LogP contribution in [0.2, 0.25) is 0 Å². The molecule has 250 valence electrons. The molecule has 0 radical (unpaired) electrons. The van der Waals surface area contributed by atoms with E-state index in [1.54, 1.807) is 0 Å². The summed E-state index contributed by atoms with van der Waals surface area (Å²) in [4.78, 5) is 52.3. The molecule has 1 atom stereocenters. The second kappa shape index (κ2) is 14.3. The number of rotatable bonds is 12. The zero-order valence-corrected chi connectivity index (χ0v) is 27.3. The fraction of sp³-hybridized carbons (Fsp3) is 0.368. The third-order valence-corrected chi connectivity index (χ3v) is 9.66. The largest absolute Gasteiger partial charge is 0.449 e. The van der Waals surface area contributed by atoms with Crippen molar-refractivity contribution in [3.05, 3.63) is 95.7 Å². The molecule has 0 spiro atoms. The lowest BCUT2D eigenvalue weighted by atomic mass is 9.80. The Kier molecular flexibility index (Phi) is 9.80. The third kappa shape index (κ3) is 7.07. The lowest BCUT2D eigenvalue weighted by Crippen LogP contribution is -2.63. The van der Waals surface area contributed by atoms with Gasteiger partial charge in [0.1, 0.15) is 18.2 Å². The number of benzene rings is 3. The predicted molar refractivity (Wildman–Crippen MR) is 184 cm³/mol. The average Bonchev–Trinajstić information content (AvgIpc) is 3.63. The number of amides is 4. The fourth-order valence-electron chi connectivity index (χ4n) is 7.20. The van der Waals surface area contributed by atoms with Gasteiger partial charge in [-0.15, -0.1) is 0 Å². The molecule has 10 heteroatoms. The van der Waals surface area contributed by atoms with Crippen LogP contribution in [0.5, 0.6) is 0 Å². The molecule has 2 aliphatic rings. The molecule has 1 heterocycles. The van der Waals surface area contributed by atoms with Crippen LogP contribution in [0.4, 0.5) is 4.79 Å². The van der Waals surface area contributed by atoms with Gasteiger partial charge in [-0.05, 0) is 72.0 Å². The van der Waals surface area contributed by atoms with Crippen LogP contribution < -0.4 is 21.7 Å². The maximum absolute atomic E-state index is 13.9. The average molecular weight is 650 g/mol. The molecule has 4 aromatic rings. The summed E-state index contributed by atoms with van der Waals surface area (Å²) in [6.07, 6.45) is 4.75. The van der Waals surface area contributed by atoms with Gasteiger partial charge >= 0.3 is 6.09 Å². The van der Waals surface area contributed by atoms with E-state index in [1.165, 1.54) is 5.56 Å². The van der Waals surface area contributed by atoms with Crippen LogP contribution in [0, 0.1) is 6.92 Å². The molecule has 4 amide bonds. The SMILES string of the molecule is Cc1ccc2c(ccn2CCCNC(=O)[C@H](CC(N)=O)NC(=O)C2(NC(=O)OCC3c4ccccc4-c4ccccc43)CCCCC2)c1. The number of hydrogen-bond acceptors (Lipinski definition) is 5. The summed E-state index contributed by atoms with van der Waals surface area (Å²) in [6.45, 7) is 3.20. The second-order valence-corrected chi connectivity index (χ2v) is 13.0. The summed E-state index contributed by atoms with van der Waals surface area (Å²) < 4.78 is 7.91. The van der Waals surface area contributed by atoms with Crippen LogP contribution in [-0.4, -0.2) is 53.1 Å². The lowest BCUT2D eigenvalue weighted by molar-refractivity contribution is -0.135. The number of carbonyl (C=O) groups excluding carboxylic acids is 4. The van der Waals surface area contributed by atoms with E-state index in [0.29, 0.717) is 32.4 Å². The van der Waals surface area contributed by atoms with Crippen molar-refractivity contribution >= 4 is 34.7 Å². The number of carbonyl (C=O) groups is 4. The van der Waals surface area contributed by atoms with Crippen molar-refractivity contribution in [3.8, 4) is 11.1 Å². The molecule has 0 bridgehead atoms. The number of nitrogens with two attached hydrogens (primary N) is 1. The van der Waals surface area contributed by atoms with Crippen molar-refractivity contribution in [3.63, 3.8) is 0 Å². The van der Waals surface area contributed by atoms with Crippen LogP contribution >= 0.6 is 0 Å². The van der Waals surface area contributed by atoms with Crippen molar-refractivity contribution in [2.75, 3.05) is 13.2 Å². The quantitative estimate of drug-likeness (QED) is 0.159. The zero-order valence-electron chi connectivity index (χ0n) is 27.3. The van der Waals surface area contributed by atoms with Crippen molar-refractivity contribution in [1.29, 1.82) is 0 Å². The molecule has 0 unspecified atom stereocenters. The van der Waals surface area contributed by atoms with Gasteiger partial charge < -0.3 is 31.0 Å². The molecule has 1 aromatic heterocycles. The Balaban J connectivity index is 1.07. The minimum Gasteiger partial charge on any atom is -0.449 e. The Morgan fingerprint density at radius 1 is 0.938 bits per heavy atom. The highest BCUT2D eigenvalue weighted by Crippen LogP contribution is 2.44. The molecule has 10 nitrogen and oxygen atoms in total. The highest BCUT2D eigenvalue weighted by molar-refractivity contribution is 5.96. The first kappa shape index (κ1) is 32.8. The Morgan fingerprint density at radius 3 is 2.31 bits per heavy atom. The molecular formula is C38H43N5O5. The van der Waals surface area contributed by atoms with Gasteiger partial charge in [0.25, 0.3) is 0 Å². The number of ether oxygens (including phenoxy) is 1. The van der Waals surface area contributed by atoms with Gasteiger partial charge in [-0.25, -0.2) is 4.79 Å². The van der Waals surface area contributed by atoms with E-state index >= 15 is 0 Å². The Labute approximate surface area is 280 Å². The van der Waals surface area contributed by atoms with Crippen molar-refractivity contribution in [2.45, 2.75) is 75.9 Å². The monoisotopic (exact) mass is 649 g/mol. The van der Waals surface area contributed by atoms with Gasteiger partial charge in [0.05, 0.1) is 6.42 Å². The van der Waals surface area contributed by atoms with Gasteiger partial charge in [0.2, 0.25) is 17.7 Å². The summed E-state index contributed by atoms with van der Waals surface area (Å²) in [5.41, 5.74) is 11.0. The molecule has 6 rings (SSSR count). The molecule has 2 aliphatic carbocycles. The number of aromatic nitrogens is 1. The van der Waals surface area contributed by atoms with Crippen LogP contribution in [0.1, 0.15) is 67.6 Å². The first-order chi connectivity index (χ1) is 23.2. The Bertz CT molecular complexity index is 1780. The second-order valence-electron chi connectivity index (χ2n) is 13.0. The van der Waals surface area contributed by atoms with E-state index in [1.807, 2.05) is 42.6 Å².